The van der Waals surface area contributed by atoms with Crippen molar-refractivity contribution < 1.29 is 37.0 Å². The van der Waals surface area contributed by atoms with Gasteiger partial charge in [0.05, 0.1) is 20.8 Å². The number of hydrogen-bond acceptors (Lipinski definition) is 5. The summed E-state index contributed by atoms with van der Waals surface area (Å²) in [4.78, 5) is 24.4. The normalized spacial score (nSPS) is 11.0. The summed E-state index contributed by atoms with van der Waals surface area (Å²) in [7, 11) is 2.67. The number of esters is 1. The zero-order valence-corrected chi connectivity index (χ0v) is 15.4. The Bertz CT molecular complexity index is 611. The van der Waals surface area contributed by atoms with E-state index >= 15 is 0 Å². The first-order valence-corrected chi connectivity index (χ1v) is 7.85. The predicted octanol–water partition coefficient (Wildman–Crippen LogP) is 3.03. The van der Waals surface area contributed by atoms with Crippen molar-refractivity contribution >= 4 is 27.8 Å². The number of carbonyl (C=O) groups is 2. The summed E-state index contributed by atoms with van der Waals surface area (Å²) in [6, 6.07) is 2.51. The Kier molecular flexibility index (Phi) is 7.53. The molecule has 6 nitrogen and oxygen atoms in total. The largest absolute Gasteiger partial charge is 0.495 e. The number of rotatable bonds is 7. The molecule has 25 heavy (non-hydrogen) atoms. The molecule has 0 unspecified atom stereocenters. The van der Waals surface area contributed by atoms with Gasteiger partial charge in [0.25, 0.3) is 5.91 Å². The second kappa shape index (κ2) is 8.93. The Morgan fingerprint density at radius 2 is 1.68 bits per heavy atom. The lowest BCUT2D eigenvalue weighted by Gasteiger charge is -2.23. The summed E-state index contributed by atoms with van der Waals surface area (Å²) in [6.45, 7) is -0.913. The summed E-state index contributed by atoms with van der Waals surface area (Å²) in [6.07, 6.45) is -4.67. The number of ether oxygens (including phenoxy) is 3. The number of hydrogen-bond donors (Lipinski definition) is 0. The number of alkyl halides is 3. The van der Waals surface area contributed by atoms with E-state index in [0.29, 0.717) is 9.37 Å². The molecule has 1 amide bonds. The van der Waals surface area contributed by atoms with Crippen LogP contribution in [0.5, 0.6) is 11.5 Å². The molecule has 10 heteroatoms. The molecule has 0 aliphatic heterocycles. The van der Waals surface area contributed by atoms with E-state index in [1.54, 1.807) is 0 Å². The molecule has 0 radical (unpaired) electrons. The van der Waals surface area contributed by atoms with E-state index in [-0.39, 0.29) is 23.7 Å². The zero-order valence-electron chi connectivity index (χ0n) is 13.8. The van der Waals surface area contributed by atoms with E-state index in [1.165, 1.54) is 33.3 Å². The van der Waals surface area contributed by atoms with Gasteiger partial charge in [-0.15, -0.1) is 0 Å². The number of carbonyl (C=O) groups excluding carboxylic acids is 2. The van der Waals surface area contributed by atoms with Crippen LogP contribution < -0.4 is 9.47 Å². The molecule has 0 N–H and O–H groups in total. The third kappa shape index (κ3) is 6.11. The summed E-state index contributed by atoms with van der Waals surface area (Å²) >= 11 is 3.20. The van der Waals surface area contributed by atoms with Crippen LogP contribution >= 0.6 is 15.9 Å². The summed E-state index contributed by atoms with van der Waals surface area (Å²) in [5, 5.41) is 0. The maximum Gasteiger partial charge on any atom is 0.406 e. The van der Waals surface area contributed by atoms with Crippen molar-refractivity contribution in [3.8, 4) is 11.5 Å². The second-order valence-corrected chi connectivity index (χ2v) is 5.57. The van der Waals surface area contributed by atoms with Crippen LogP contribution in [0.15, 0.2) is 16.6 Å². The van der Waals surface area contributed by atoms with Crippen molar-refractivity contribution in [1.29, 1.82) is 0 Å². The molecule has 0 heterocycles. The average molecular weight is 428 g/mol. The van der Waals surface area contributed by atoms with E-state index in [9.17, 15) is 22.8 Å². The van der Waals surface area contributed by atoms with Crippen LogP contribution in [-0.2, 0) is 9.53 Å². The van der Waals surface area contributed by atoms with Gasteiger partial charge >= 0.3 is 12.1 Å². The van der Waals surface area contributed by atoms with Gasteiger partial charge < -0.3 is 19.1 Å². The van der Waals surface area contributed by atoms with Crippen LogP contribution in [0.3, 0.4) is 0 Å². The van der Waals surface area contributed by atoms with Crippen molar-refractivity contribution in [2.45, 2.75) is 13.1 Å². The molecule has 0 aliphatic rings. The Morgan fingerprint density at radius 3 is 2.08 bits per heavy atom. The smallest absolute Gasteiger partial charge is 0.406 e. The van der Waals surface area contributed by atoms with Gasteiger partial charge in [0.1, 0.15) is 29.1 Å². The van der Waals surface area contributed by atoms with Crippen LogP contribution in [0.25, 0.3) is 0 Å². The fourth-order valence-corrected chi connectivity index (χ4v) is 2.51. The van der Waals surface area contributed by atoms with Crippen molar-refractivity contribution in [2.24, 2.45) is 0 Å². The molecular formula is C15H17BrF3NO5. The van der Waals surface area contributed by atoms with Crippen LogP contribution in [0.1, 0.15) is 17.3 Å². The molecule has 140 valence electrons. The maximum absolute atomic E-state index is 12.8. The van der Waals surface area contributed by atoms with E-state index in [4.69, 9.17) is 9.47 Å². The fraction of sp³-hybridized carbons (Fsp3) is 0.467. The number of nitrogens with zero attached hydrogens (tertiary/aromatic N) is 1. The topological polar surface area (TPSA) is 65.1 Å². The van der Waals surface area contributed by atoms with Crippen molar-refractivity contribution in [2.75, 3.05) is 33.9 Å². The van der Waals surface area contributed by atoms with Gasteiger partial charge in [-0.2, -0.15) is 13.2 Å². The molecule has 0 fully saturated rings. The molecule has 0 saturated carbocycles. The van der Waals surface area contributed by atoms with Crippen LogP contribution in [0.2, 0.25) is 0 Å². The average Bonchev–Trinajstić information content (AvgIpc) is 2.52. The molecule has 0 saturated heterocycles. The van der Waals surface area contributed by atoms with Crippen LogP contribution in [-0.4, -0.2) is 56.9 Å². The molecule has 0 atom stereocenters. The Morgan fingerprint density at radius 1 is 1.16 bits per heavy atom. The predicted molar refractivity (Wildman–Crippen MR) is 85.8 cm³/mol. The summed E-state index contributed by atoms with van der Waals surface area (Å²) in [5.41, 5.74) is -0.120. The van der Waals surface area contributed by atoms with Gasteiger partial charge in [-0.05, 0) is 35.0 Å². The minimum Gasteiger partial charge on any atom is -0.495 e. The molecule has 0 aromatic heterocycles. The quantitative estimate of drug-likeness (QED) is 0.625. The summed E-state index contributed by atoms with van der Waals surface area (Å²) < 4.78 is 53.5. The first kappa shape index (κ1) is 21.1. The Hall–Kier alpha value is -1.97. The van der Waals surface area contributed by atoms with E-state index < -0.39 is 31.1 Å². The highest BCUT2D eigenvalue weighted by molar-refractivity contribution is 9.10. The molecule has 0 spiro atoms. The van der Waals surface area contributed by atoms with E-state index in [2.05, 4.69) is 20.7 Å². The highest BCUT2D eigenvalue weighted by Gasteiger charge is 2.35. The Labute approximate surface area is 151 Å². The van der Waals surface area contributed by atoms with Gasteiger partial charge in [-0.25, -0.2) is 0 Å². The number of benzene rings is 1. The van der Waals surface area contributed by atoms with Crippen molar-refractivity contribution in [1.82, 2.24) is 4.90 Å². The lowest BCUT2D eigenvalue weighted by atomic mass is 10.1. The Balaban J connectivity index is 3.21. The van der Waals surface area contributed by atoms with Crippen LogP contribution in [0.4, 0.5) is 13.2 Å². The molecule has 1 aromatic carbocycles. The number of halogens is 4. The van der Waals surface area contributed by atoms with Gasteiger partial charge in [0.2, 0.25) is 0 Å². The third-order valence-electron chi connectivity index (χ3n) is 2.98. The van der Waals surface area contributed by atoms with Gasteiger partial charge in [0.15, 0.2) is 0 Å². The maximum atomic E-state index is 12.8. The zero-order chi connectivity index (χ0) is 19.2. The lowest BCUT2D eigenvalue weighted by Crippen LogP contribution is -2.42. The molecule has 0 bridgehead atoms. The molecule has 1 aromatic rings. The minimum absolute atomic E-state index is 0.00713. The van der Waals surface area contributed by atoms with Gasteiger partial charge in [0, 0.05) is 5.56 Å². The van der Waals surface area contributed by atoms with Gasteiger partial charge in [-0.1, -0.05) is 0 Å². The van der Waals surface area contributed by atoms with Crippen molar-refractivity contribution in [3.63, 3.8) is 0 Å². The SMILES string of the molecule is CCOC(=O)CN(CC(F)(F)F)C(=O)c1cc(OC)c(Br)c(OC)c1. The van der Waals surface area contributed by atoms with E-state index in [0.717, 1.165) is 0 Å². The standard InChI is InChI=1S/C15H17BrF3NO5/c1-4-25-12(21)7-20(8-15(17,18)19)14(22)9-5-10(23-2)13(16)11(6-9)24-3/h5-6H,4,7-8H2,1-3H3. The monoisotopic (exact) mass is 427 g/mol. The number of amides is 1. The molecule has 1 rings (SSSR count). The lowest BCUT2D eigenvalue weighted by molar-refractivity contribution is -0.153. The first-order valence-electron chi connectivity index (χ1n) is 7.06. The van der Waals surface area contributed by atoms with Gasteiger partial charge in [-0.3, -0.25) is 9.59 Å². The first-order chi connectivity index (χ1) is 11.6. The molecule has 0 aliphatic carbocycles. The molecular weight excluding hydrogens is 411 g/mol. The van der Waals surface area contributed by atoms with Crippen LogP contribution in [0, 0.1) is 0 Å². The third-order valence-corrected chi connectivity index (χ3v) is 3.76. The minimum atomic E-state index is -4.67. The fourth-order valence-electron chi connectivity index (χ4n) is 1.95. The number of methoxy groups -OCH3 is 2. The second-order valence-electron chi connectivity index (χ2n) is 4.78. The van der Waals surface area contributed by atoms with Crippen molar-refractivity contribution in [3.05, 3.63) is 22.2 Å². The van der Waals surface area contributed by atoms with E-state index in [1.807, 2.05) is 0 Å². The highest BCUT2D eigenvalue weighted by atomic mass is 79.9. The summed E-state index contributed by atoms with van der Waals surface area (Å²) in [5.74, 6) is -1.54. The highest BCUT2D eigenvalue weighted by Crippen LogP contribution is 2.36.